The van der Waals surface area contributed by atoms with Crippen LogP contribution in [0.4, 0.5) is 50.4 Å². The highest BCUT2D eigenvalue weighted by molar-refractivity contribution is 8.19. The summed E-state index contributed by atoms with van der Waals surface area (Å²) >= 11 is 6.04. The van der Waals surface area contributed by atoms with Crippen LogP contribution in [0.1, 0.15) is 5.56 Å². The Morgan fingerprint density at radius 3 is 1.95 bits per heavy atom. The number of nitrogens with one attached hydrogen (secondary N) is 3. The smallest absolute Gasteiger partial charge is 0.311 e. The number of hydrogen-bond donors (Lipinski definition) is 6. The third-order valence-electron chi connectivity index (χ3n) is 5.19. The summed E-state index contributed by atoms with van der Waals surface area (Å²) in [4.78, 5) is 32.6. The van der Waals surface area contributed by atoms with Crippen LogP contribution in [0.25, 0.3) is 0 Å². The molecular weight excluding hydrogens is 575 g/mol. The largest absolute Gasteiger partial charge is 0.350 e. The molecule has 0 fully saturated rings. The fourth-order valence-corrected chi connectivity index (χ4v) is 4.43. The van der Waals surface area contributed by atoms with Crippen molar-refractivity contribution in [2.24, 2.45) is 0 Å². The lowest BCUT2D eigenvalue weighted by Gasteiger charge is -2.21. The zero-order valence-electron chi connectivity index (χ0n) is 20.1. The van der Waals surface area contributed by atoms with Gasteiger partial charge in [-0.3, -0.25) is 20.2 Å². The van der Waals surface area contributed by atoms with E-state index in [0.29, 0.717) is 29.1 Å². The SMILES string of the molecule is Cc1cc(Nc2nc(Cl)nc(Nc3cccc(Nc4cc(F)c([N+](=O)[O-])cc4[N+](=O)[O-])c3)n2)ccc1S(O)(O)O. The van der Waals surface area contributed by atoms with E-state index < -0.39 is 37.9 Å². The number of aryl methyl sites for hydroxylation is 1. The molecule has 0 aliphatic heterocycles. The first kappa shape index (κ1) is 28.3. The van der Waals surface area contributed by atoms with Crippen molar-refractivity contribution in [2.45, 2.75) is 11.8 Å². The summed E-state index contributed by atoms with van der Waals surface area (Å²) in [6.07, 6.45) is 0. The average Bonchev–Trinajstić information content (AvgIpc) is 2.83. The highest BCUT2D eigenvalue weighted by Gasteiger charge is 2.25. The van der Waals surface area contributed by atoms with Gasteiger partial charge in [0.1, 0.15) is 16.6 Å². The molecule has 1 aromatic heterocycles. The van der Waals surface area contributed by atoms with E-state index in [0.717, 1.165) is 0 Å². The van der Waals surface area contributed by atoms with Gasteiger partial charge in [-0.15, -0.1) is 0 Å². The molecule has 3 aromatic carbocycles. The van der Waals surface area contributed by atoms with E-state index in [2.05, 4.69) is 30.9 Å². The molecule has 0 unspecified atom stereocenters. The fourth-order valence-electron chi connectivity index (χ4n) is 3.53. The maximum Gasteiger partial charge on any atom is 0.311 e. The number of anilines is 6. The van der Waals surface area contributed by atoms with E-state index in [9.17, 15) is 38.3 Å². The molecule has 0 bridgehead atoms. The second kappa shape index (κ2) is 11.2. The van der Waals surface area contributed by atoms with Gasteiger partial charge in [-0.05, 0) is 60.5 Å². The number of nitro groups is 2. The third-order valence-corrected chi connectivity index (χ3v) is 6.41. The van der Waals surface area contributed by atoms with E-state index in [1.54, 1.807) is 19.1 Å². The Morgan fingerprint density at radius 2 is 1.40 bits per heavy atom. The molecule has 6 N–H and O–H groups in total. The first-order valence-corrected chi connectivity index (χ1v) is 12.7. The van der Waals surface area contributed by atoms with Gasteiger partial charge in [0.15, 0.2) is 0 Å². The van der Waals surface area contributed by atoms with Crippen molar-refractivity contribution in [3.63, 3.8) is 0 Å². The van der Waals surface area contributed by atoms with Crippen LogP contribution in [0, 0.1) is 33.0 Å². The predicted molar refractivity (Wildman–Crippen MR) is 146 cm³/mol. The van der Waals surface area contributed by atoms with Gasteiger partial charge >= 0.3 is 5.69 Å². The number of nitro benzene ring substituents is 2. The summed E-state index contributed by atoms with van der Waals surface area (Å²) in [6.45, 7) is 1.57. The van der Waals surface area contributed by atoms with Gasteiger partial charge in [0.2, 0.25) is 23.0 Å². The zero-order valence-corrected chi connectivity index (χ0v) is 21.6. The van der Waals surface area contributed by atoms with E-state index in [-0.39, 0.29) is 33.5 Å². The van der Waals surface area contributed by atoms with Crippen LogP contribution in [0.3, 0.4) is 0 Å². The van der Waals surface area contributed by atoms with E-state index in [1.807, 2.05) is 0 Å². The van der Waals surface area contributed by atoms with Crippen LogP contribution in [0.15, 0.2) is 59.5 Å². The lowest BCUT2D eigenvalue weighted by atomic mass is 10.2. The first-order chi connectivity index (χ1) is 18.8. The van der Waals surface area contributed by atoms with Gasteiger partial charge < -0.3 is 29.6 Å². The Hall–Kier alpha value is -4.68. The van der Waals surface area contributed by atoms with Crippen molar-refractivity contribution in [3.05, 3.63) is 91.5 Å². The van der Waals surface area contributed by atoms with E-state index in [1.165, 1.54) is 30.3 Å². The van der Waals surface area contributed by atoms with E-state index >= 15 is 0 Å². The second-order valence-corrected chi connectivity index (χ2v) is 9.86. The van der Waals surface area contributed by atoms with Gasteiger partial charge in [-0.25, -0.2) is 0 Å². The Labute approximate surface area is 230 Å². The zero-order chi connectivity index (χ0) is 29.2. The number of nitrogens with zero attached hydrogens (tertiary/aromatic N) is 5. The molecule has 208 valence electrons. The molecule has 0 atom stereocenters. The van der Waals surface area contributed by atoms with Crippen LogP contribution in [0.2, 0.25) is 5.28 Å². The summed E-state index contributed by atoms with van der Waals surface area (Å²) in [5, 5.41) is 30.6. The molecule has 40 heavy (non-hydrogen) atoms. The van der Waals surface area contributed by atoms with Crippen molar-refractivity contribution in [1.82, 2.24) is 15.0 Å². The van der Waals surface area contributed by atoms with Gasteiger partial charge in [0.05, 0.1) is 20.8 Å². The lowest BCUT2D eigenvalue weighted by Crippen LogP contribution is -2.05. The van der Waals surface area contributed by atoms with Gasteiger partial charge in [0, 0.05) is 23.1 Å². The minimum Gasteiger partial charge on any atom is -0.350 e. The standard InChI is InChI=1S/C22H18ClFN8O7S/c1-11-7-14(5-6-19(11)40(37,38)39)27-22-29-20(23)28-21(30-22)26-13-4-2-3-12(8-13)25-16-9-15(24)17(31(33)34)10-18(16)32(35)36/h2-10,25,37-39H,1H3,(H2,26,27,28,29,30). The Morgan fingerprint density at radius 1 is 0.825 bits per heavy atom. The number of benzene rings is 3. The summed E-state index contributed by atoms with van der Waals surface area (Å²) in [5.74, 6) is -1.22. The number of aromatic nitrogens is 3. The number of rotatable bonds is 9. The molecule has 0 saturated heterocycles. The molecule has 0 radical (unpaired) electrons. The number of halogens is 2. The highest BCUT2D eigenvalue weighted by Crippen LogP contribution is 2.45. The maximum atomic E-state index is 14.1. The molecule has 4 aromatic rings. The summed E-state index contributed by atoms with van der Waals surface area (Å²) in [5.41, 5.74) is -0.534. The molecule has 4 rings (SSSR count). The topological polar surface area (TPSA) is 222 Å². The minimum absolute atomic E-state index is 0.00453. The molecule has 0 aliphatic rings. The Balaban J connectivity index is 1.56. The van der Waals surface area contributed by atoms with Gasteiger partial charge in [-0.1, -0.05) is 6.07 Å². The molecule has 1 heterocycles. The first-order valence-electron chi connectivity index (χ1n) is 10.9. The van der Waals surface area contributed by atoms with Gasteiger partial charge in [0.25, 0.3) is 5.69 Å². The van der Waals surface area contributed by atoms with Crippen LogP contribution in [0.5, 0.6) is 0 Å². The highest BCUT2D eigenvalue weighted by atomic mass is 35.5. The van der Waals surface area contributed by atoms with E-state index in [4.69, 9.17) is 11.6 Å². The second-order valence-electron chi connectivity index (χ2n) is 8.04. The van der Waals surface area contributed by atoms with Crippen molar-refractivity contribution >= 4 is 68.5 Å². The third kappa shape index (κ3) is 6.65. The molecule has 0 spiro atoms. The van der Waals surface area contributed by atoms with Crippen molar-refractivity contribution in [1.29, 1.82) is 0 Å². The van der Waals surface area contributed by atoms with Crippen LogP contribution < -0.4 is 16.0 Å². The Kier molecular flexibility index (Phi) is 7.93. The molecule has 0 amide bonds. The molecular formula is C22H18ClFN8O7S. The van der Waals surface area contributed by atoms with Crippen LogP contribution in [-0.4, -0.2) is 38.5 Å². The van der Waals surface area contributed by atoms with Crippen molar-refractivity contribution in [3.8, 4) is 0 Å². The Bertz CT molecular complexity index is 1640. The average molecular weight is 593 g/mol. The summed E-state index contributed by atoms with van der Waals surface area (Å²) in [7, 11) is -3.89. The summed E-state index contributed by atoms with van der Waals surface area (Å²) < 4.78 is 42.6. The number of hydrogen-bond acceptors (Lipinski definition) is 13. The molecule has 0 saturated carbocycles. The monoisotopic (exact) mass is 592 g/mol. The maximum absolute atomic E-state index is 14.1. The van der Waals surface area contributed by atoms with Gasteiger partial charge in [-0.2, -0.15) is 19.3 Å². The lowest BCUT2D eigenvalue weighted by molar-refractivity contribution is -0.395. The minimum atomic E-state index is -3.89. The van der Waals surface area contributed by atoms with Crippen LogP contribution >= 0.6 is 22.5 Å². The predicted octanol–water partition coefficient (Wildman–Crippen LogP) is 6.60. The van der Waals surface area contributed by atoms with Crippen molar-refractivity contribution < 1.29 is 27.9 Å². The molecule has 0 aliphatic carbocycles. The fraction of sp³-hybridized carbons (Fsp3) is 0.0455. The molecule has 15 nitrogen and oxygen atoms in total. The summed E-state index contributed by atoms with van der Waals surface area (Å²) in [6, 6.07) is 11.7. The molecule has 18 heteroatoms. The van der Waals surface area contributed by atoms with Crippen molar-refractivity contribution in [2.75, 3.05) is 16.0 Å². The van der Waals surface area contributed by atoms with Crippen LogP contribution in [-0.2, 0) is 0 Å². The quantitative estimate of drug-likeness (QED) is 0.0890. The normalized spacial score (nSPS) is 11.6.